The Labute approximate surface area is 313 Å². The van der Waals surface area contributed by atoms with E-state index >= 15 is 0 Å². The summed E-state index contributed by atoms with van der Waals surface area (Å²) < 4.78 is 39.8. The number of carbonyl (C=O) groups excluding carboxylic acids is 2. The van der Waals surface area contributed by atoms with Gasteiger partial charge in [0, 0.05) is 65.3 Å². The standard InChI is InChI=1S/C36H45N7O8S2/c1-22(53(48,49)42-36(4,5)6)18-31-23(2)32(41-35(45)51-30-16-14-29(15-17-30)43(46)47)21-52-33(40-31)26-10-12-27(13-11-26)39-34(44)50-24(3)38-28-9-7-8-25(19-28)20-37/h7-17,19,23-24,31-32,38,42H,1,18,20-21,37H2,2-6H3,(H,39,44)(H,41,45)/t23-,24?,31+,32?/m0/s1. The van der Waals surface area contributed by atoms with Crippen molar-refractivity contribution in [2.24, 2.45) is 16.6 Å². The largest absolute Gasteiger partial charge is 0.426 e. The van der Waals surface area contributed by atoms with Gasteiger partial charge in [-0.05, 0) is 69.7 Å². The molecule has 0 saturated heterocycles. The molecular formula is C36H45N7O8S2. The average Bonchev–Trinajstić information content (AvgIpc) is 3.22. The van der Waals surface area contributed by atoms with Gasteiger partial charge in [-0.25, -0.2) is 22.7 Å². The van der Waals surface area contributed by atoms with Crippen LogP contribution in [0.15, 0.2) is 89.3 Å². The number of hydrogen-bond donors (Lipinski definition) is 5. The lowest BCUT2D eigenvalue weighted by molar-refractivity contribution is -0.384. The number of nitrogens with one attached hydrogen (secondary N) is 4. The van der Waals surface area contributed by atoms with E-state index < -0.39 is 51.0 Å². The van der Waals surface area contributed by atoms with Crippen LogP contribution in [0.3, 0.4) is 0 Å². The molecule has 4 rings (SSSR count). The summed E-state index contributed by atoms with van der Waals surface area (Å²) in [6.07, 6.45) is -2.11. The number of carbonyl (C=O) groups is 2. The van der Waals surface area contributed by atoms with E-state index in [-0.39, 0.29) is 28.7 Å². The summed E-state index contributed by atoms with van der Waals surface area (Å²) in [7, 11) is -3.91. The van der Waals surface area contributed by atoms with Crippen LogP contribution in [0, 0.1) is 16.0 Å². The molecule has 17 heteroatoms. The van der Waals surface area contributed by atoms with Gasteiger partial charge < -0.3 is 25.8 Å². The molecule has 6 N–H and O–H groups in total. The number of anilines is 2. The van der Waals surface area contributed by atoms with Crippen molar-refractivity contribution in [3.8, 4) is 5.75 Å². The van der Waals surface area contributed by atoms with E-state index in [4.69, 9.17) is 20.2 Å². The Kier molecular flexibility index (Phi) is 13.6. The maximum Gasteiger partial charge on any atom is 0.413 e. The van der Waals surface area contributed by atoms with Gasteiger partial charge in [0.1, 0.15) is 5.75 Å². The Balaban J connectivity index is 1.48. The molecule has 0 radical (unpaired) electrons. The first-order valence-electron chi connectivity index (χ1n) is 16.7. The number of hydrogen-bond acceptors (Lipinski definition) is 12. The fourth-order valence-corrected chi connectivity index (χ4v) is 7.83. The van der Waals surface area contributed by atoms with Crippen molar-refractivity contribution >= 4 is 56.1 Å². The van der Waals surface area contributed by atoms with E-state index in [2.05, 4.69) is 27.3 Å². The highest BCUT2D eigenvalue weighted by Crippen LogP contribution is 2.31. The number of aliphatic imine (C=N–C) groups is 1. The predicted octanol–water partition coefficient (Wildman–Crippen LogP) is 6.34. The zero-order chi connectivity index (χ0) is 38.9. The molecule has 2 unspecified atom stereocenters. The molecule has 4 atom stereocenters. The second kappa shape index (κ2) is 17.7. The van der Waals surface area contributed by atoms with Crippen LogP contribution in [0.25, 0.3) is 0 Å². The molecule has 0 fully saturated rings. The second-order valence-electron chi connectivity index (χ2n) is 13.5. The summed E-state index contributed by atoms with van der Waals surface area (Å²) in [5.74, 6) is 0.0930. The molecule has 1 aliphatic heterocycles. The summed E-state index contributed by atoms with van der Waals surface area (Å²) in [6, 6.07) is 18.4. The minimum absolute atomic E-state index is 0.0273. The third-order valence-electron chi connectivity index (χ3n) is 7.94. The van der Waals surface area contributed by atoms with Crippen molar-refractivity contribution in [3.05, 3.63) is 106 Å². The second-order valence-corrected chi connectivity index (χ2v) is 16.3. The molecule has 1 heterocycles. The first kappa shape index (κ1) is 40.8. The molecule has 53 heavy (non-hydrogen) atoms. The minimum Gasteiger partial charge on any atom is -0.426 e. The monoisotopic (exact) mass is 767 g/mol. The molecule has 3 aromatic carbocycles. The third kappa shape index (κ3) is 12.3. The predicted molar refractivity (Wildman–Crippen MR) is 208 cm³/mol. The number of nitro benzene ring substituents is 1. The Hall–Kier alpha value is -4.97. The van der Waals surface area contributed by atoms with E-state index in [9.17, 15) is 28.1 Å². The number of nitrogens with two attached hydrogens (primary N) is 1. The highest BCUT2D eigenvalue weighted by Gasteiger charge is 2.34. The van der Waals surface area contributed by atoms with E-state index in [1.165, 1.54) is 36.0 Å². The van der Waals surface area contributed by atoms with Crippen LogP contribution in [0.1, 0.15) is 52.2 Å². The number of sulfonamides is 1. The number of ether oxygens (including phenoxy) is 2. The zero-order valence-corrected chi connectivity index (χ0v) is 31.8. The van der Waals surface area contributed by atoms with Crippen LogP contribution in [0.4, 0.5) is 26.7 Å². The quantitative estimate of drug-likeness (QED) is 0.0735. The van der Waals surface area contributed by atoms with Crippen molar-refractivity contribution in [2.45, 2.75) is 71.4 Å². The highest BCUT2D eigenvalue weighted by atomic mass is 32.2. The molecule has 0 saturated carbocycles. The van der Waals surface area contributed by atoms with Gasteiger partial charge >= 0.3 is 12.2 Å². The molecule has 0 spiro atoms. The normalized spacial score (nSPS) is 18.1. The average molecular weight is 768 g/mol. The topological polar surface area (TPSA) is 216 Å². The molecule has 0 aromatic heterocycles. The van der Waals surface area contributed by atoms with Crippen LogP contribution in [-0.4, -0.2) is 60.2 Å². The fraction of sp³-hybridized carbons (Fsp3) is 0.361. The Morgan fingerprint density at radius 1 is 1.08 bits per heavy atom. The smallest absolute Gasteiger partial charge is 0.413 e. The van der Waals surface area contributed by atoms with Crippen molar-refractivity contribution < 1.29 is 32.4 Å². The van der Waals surface area contributed by atoms with Gasteiger partial charge in [0.15, 0.2) is 6.23 Å². The molecule has 0 aliphatic carbocycles. The molecule has 15 nitrogen and oxygen atoms in total. The molecule has 3 aromatic rings. The van der Waals surface area contributed by atoms with Crippen molar-refractivity contribution in [2.75, 3.05) is 16.4 Å². The van der Waals surface area contributed by atoms with Crippen molar-refractivity contribution in [1.82, 2.24) is 10.0 Å². The minimum atomic E-state index is -3.91. The van der Waals surface area contributed by atoms with Gasteiger partial charge in [-0.3, -0.25) is 20.4 Å². The van der Waals surface area contributed by atoms with Gasteiger partial charge in [-0.15, -0.1) is 11.8 Å². The summed E-state index contributed by atoms with van der Waals surface area (Å²) in [6.45, 7) is 13.0. The molecular weight excluding hydrogens is 723 g/mol. The van der Waals surface area contributed by atoms with E-state index in [1.54, 1.807) is 52.0 Å². The Morgan fingerprint density at radius 2 is 1.75 bits per heavy atom. The lowest BCUT2D eigenvalue weighted by atomic mass is 9.92. The summed E-state index contributed by atoms with van der Waals surface area (Å²) in [5.41, 5.74) is 7.70. The maximum absolute atomic E-state index is 13.2. The Morgan fingerprint density at radius 3 is 2.38 bits per heavy atom. The van der Waals surface area contributed by atoms with Crippen LogP contribution in [0.2, 0.25) is 0 Å². The van der Waals surface area contributed by atoms with Gasteiger partial charge in [0.25, 0.3) is 5.69 Å². The van der Waals surface area contributed by atoms with Crippen LogP contribution in [0.5, 0.6) is 5.75 Å². The molecule has 1 aliphatic rings. The number of benzene rings is 3. The van der Waals surface area contributed by atoms with E-state index in [0.29, 0.717) is 28.6 Å². The van der Waals surface area contributed by atoms with Gasteiger partial charge in [-0.2, -0.15) is 0 Å². The number of nitrogens with zero attached hydrogens (tertiary/aromatic N) is 2. The number of non-ortho nitro benzene ring substituents is 1. The van der Waals surface area contributed by atoms with Crippen LogP contribution >= 0.6 is 11.8 Å². The van der Waals surface area contributed by atoms with Crippen LogP contribution in [-0.2, 0) is 21.3 Å². The molecule has 0 bridgehead atoms. The third-order valence-corrected chi connectivity index (χ3v) is 10.9. The van der Waals surface area contributed by atoms with Gasteiger partial charge in [0.2, 0.25) is 10.0 Å². The lowest BCUT2D eigenvalue weighted by Crippen LogP contribution is -2.46. The maximum atomic E-state index is 13.2. The van der Waals surface area contributed by atoms with Crippen molar-refractivity contribution in [3.63, 3.8) is 0 Å². The first-order valence-corrected chi connectivity index (χ1v) is 19.2. The number of nitro groups is 1. The number of rotatable bonds is 13. The number of thioether (sulfide) groups is 1. The highest BCUT2D eigenvalue weighted by molar-refractivity contribution is 8.14. The lowest BCUT2D eigenvalue weighted by Gasteiger charge is -2.28. The number of amides is 2. The SMILES string of the molecule is C=C(C[C@H]1N=C(c2ccc(NC(=O)OC(C)Nc3cccc(CN)c3)cc2)SCC(NC(=O)Oc2ccc([N+](=O)[O-])cc2)[C@H]1C)S(=O)(=O)NC(C)(C)C. The first-order chi connectivity index (χ1) is 24.9. The van der Waals surface area contributed by atoms with Gasteiger partial charge in [0.05, 0.1) is 20.9 Å². The summed E-state index contributed by atoms with van der Waals surface area (Å²) in [4.78, 5) is 41.0. The molecule has 2 amide bonds. The van der Waals surface area contributed by atoms with Gasteiger partial charge in [-0.1, -0.05) is 37.8 Å². The zero-order valence-electron chi connectivity index (χ0n) is 30.1. The van der Waals surface area contributed by atoms with Crippen molar-refractivity contribution in [1.29, 1.82) is 0 Å². The van der Waals surface area contributed by atoms with E-state index in [1.807, 2.05) is 31.2 Å². The van der Waals surface area contributed by atoms with E-state index in [0.717, 1.165) is 11.3 Å². The fourth-order valence-electron chi connectivity index (χ4n) is 5.25. The molecule has 284 valence electrons. The summed E-state index contributed by atoms with van der Waals surface area (Å²) in [5, 5.41) is 20.3. The van der Waals surface area contributed by atoms with Crippen LogP contribution < -0.4 is 31.1 Å². The summed E-state index contributed by atoms with van der Waals surface area (Å²) >= 11 is 1.36. The Bertz CT molecular complexity index is 1930.